The molecule has 0 saturated carbocycles. The first-order valence-corrected chi connectivity index (χ1v) is 9.80. The molecule has 0 aliphatic rings. The first-order chi connectivity index (χ1) is 15.0. The lowest BCUT2D eigenvalue weighted by Gasteiger charge is -2.12. The second-order valence-electron chi connectivity index (χ2n) is 6.71. The summed E-state index contributed by atoms with van der Waals surface area (Å²) in [5.41, 5.74) is 1.87. The van der Waals surface area contributed by atoms with Crippen molar-refractivity contribution in [3.63, 3.8) is 0 Å². The van der Waals surface area contributed by atoms with E-state index in [4.69, 9.17) is 9.47 Å². The average Bonchev–Trinajstić information content (AvgIpc) is 2.78. The van der Waals surface area contributed by atoms with Crippen LogP contribution in [-0.2, 0) is 16.1 Å². The van der Waals surface area contributed by atoms with Gasteiger partial charge in [-0.2, -0.15) is 9.78 Å². The largest absolute Gasteiger partial charge is 0.481 e. The van der Waals surface area contributed by atoms with Gasteiger partial charge in [0.1, 0.15) is 0 Å². The van der Waals surface area contributed by atoms with Gasteiger partial charge in [0.15, 0.2) is 12.4 Å². The molecule has 1 aromatic heterocycles. The summed E-state index contributed by atoms with van der Waals surface area (Å²) >= 11 is 0. The third-order valence-corrected chi connectivity index (χ3v) is 4.34. The number of benzene rings is 2. The minimum atomic E-state index is -0.748. The van der Waals surface area contributed by atoms with Gasteiger partial charge in [0.2, 0.25) is 5.69 Å². The van der Waals surface area contributed by atoms with Gasteiger partial charge in [0.25, 0.3) is 11.5 Å². The highest BCUT2D eigenvalue weighted by Crippen LogP contribution is 2.16. The van der Waals surface area contributed by atoms with Crippen LogP contribution in [0.5, 0.6) is 5.75 Å². The number of carbonyl (C=O) groups excluding carboxylic acids is 2. The molecule has 0 spiro atoms. The number of esters is 1. The van der Waals surface area contributed by atoms with E-state index in [9.17, 15) is 14.4 Å². The summed E-state index contributed by atoms with van der Waals surface area (Å²) in [5.74, 6) is -1.26. The fourth-order valence-corrected chi connectivity index (χ4v) is 2.75. The fraction of sp³-hybridized carbons (Fsp3) is 0.217. The zero-order chi connectivity index (χ0) is 22.2. The molecule has 0 bridgehead atoms. The molecule has 8 heteroatoms. The number of nitrogens with zero attached hydrogens (tertiary/aromatic N) is 2. The molecule has 3 rings (SSSR count). The molecule has 1 amide bonds. The van der Waals surface area contributed by atoms with Gasteiger partial charge in [-0.3, -0.25) is 9.59 Å². The molecule has 0 aliphatic carbocycles. The van der Waals surface area contributed by atoms with Crippen molar-refractivity contribution in [3.05, 3.63) is 87.8 Å². The first kappa shape index (κ1) is 21.8. The molecule has 160 valence electrons. The Kier molecular flexibility index (Phi) is 7.16. The topological polar surface area (TPSA) is 99.5 Å². The summed E-state index contributed by atoms with van der Waals surface area (Å²) < 4.78 is 11.6. The summed E-state index contributed by atoms with van der Waals surface area (Å²) in [6.45, 7) is 3.72. The van der Waals surface area contributed by atoms with Gasteiger partial charge < -0.3 is 14.8 Å². The molecule has 0 radical (unpaired) electrons. The van der Waals surface area contributed by atoms with E-state index in [0.29, 0.717) is 12.2 Å². The Balaban J connectivity index is 1.75. The average molecular weight is 421 g/mol. The molecule has 0 unspecified atom stereocenters. The fourth-order valence-electron chi connectivity index (χ4n) is 2.75. The van der Waals surface area contributed by atoms with Crippen molar-refractivity contribution in [3.8, 4) is 11.4 Å². The maximum atomic E-state index is 12.5. The van der Waals surface area contributed by atoms with Crippen LogP contribution in [-0.4, -0.2) is 34.9 Å². The van der Waals surface area contributed by atoms with Crippen LogP contribution in [0.4, 0.5) is 0 Å². The van der Waals surface area contributed by atoms with Gasteiger partial charge in [-0.25, -0.2) is 4.79 Å². The van der Waals surface area contributed by atoms with Gasteiger partial charge >= 0.3 is 5.97 Å². The third kappa shape index (κ3) is 5.79. The molecule has 31 heavy (non-hydrogen) atoms. The molecule has 1 N–H and O–H groups in total. The quantitative estimate of drug-likeness (QED) is 0.561. The summed E-state index contributed by atoms with van der Waals surface area (Å²) in [6.07, 6.45) is 0. The van der Waals surface area contributed by atoms with Crippen molar-refractivity contribution in [1.82, 2.24) is 15.1 Å². The molecule has 8 nitrogen and oxygen atoms in total. The van der Waals surface area contributed by atoms with Crippen LogP contribution < -0.4 is 15.6 Å². The minimum absolute atomic E-state index is 0.110. The lowest BCUT2D eigenvalue weighted by atomic mass is 10.1. The summed E-state index contributed by atoms with van der Waals surface area (Å²) in [4.78, 5) is 37.1. The summed E-state index contributed by atoms with van der Waals surface area (Å²) in [5, 5.41) is 6.84. The summed E-state index contributed by atoms with van der Waals surface area (Å²) in [7, 11) is 0. The van der Waals surface area contributed by atoms with Crippen molar-refractivity contribution in [2.24, 2.45) is 0 Å². The highest BCUT2D eigenvalue weighted by atomic mass is 16.5. The number of ether oxygens (including phenoxy) is 2. The van der Waals surface area contributed by atoms with Gasteiger partial charge in [-0.15, -0.1) is 0 Å². The molecular formula is C23H23N3O5. The highest BCUT2D eigenvalue weighted by molar-refractivity contribution is 5.90. The number of hydrogen-bond donors (Lipinski definition) is 1. The van der Waals surface area contributed by atoms with E-state index in [2.05, 4.69) is 10.4 Å². The van der Waals surface area contributed by atoms with E-state index in [1.54, 1.807) is 37.3 Å². The number of rotatable bonds is 8. The van der Waals surface area contributed by atoms with Crippen LogP contribution in [0.25, 0.3) is 5.69 Å². The highest BCUT2D eigenvalue weighted by Gasteiger charge is 2.20. The normalized spacial score (nSPS) is 10.4. The maximum Gasteiger partial charge on any atom is 0.362 e. The van der Waals surface area contributed by atoms with Gasteiger partial charge in [0.05, 0.1) is 18.4 Å². The first-order valence-electron chi connectivity index (χ1n) is 9.80. The van der Waals surface area contributed by atoms with Gasteiger partial charge in [-0.1, -0.05) is 48.0 Å². The molecule has 1 heterocycles. The number of para-hydroxylation sites is 1. The van der Waals surface area contributed by atoms with Crippen LogP contribution in [0.1, 0.15) is 28.5 Å². The van der Waals surface area contributed by atoms with Gasteiger partial charge in [-0.05, 0) is 31.5 Å². The van der Waals surface area contributed by atoms with Crippen molar-refractivity contribution in [2.75, 3.05) is 13.2 Å². The molecule has 0 atom stereocenters. The van der Waals surface area contributed by atoms with Crippen LogP contribution in [0.15, 0.2) is 65.5 Å². The molecule has 3 aromatic rings. The van der Waals surface area contributed by atoms with E-state index in [0.717, 1.165) is 21.9 Å². The lowest BCUT2D eigenvalue weighted by Crippen LogP contribution is -2.30. The second kappa shape index (κ2) is 10.2. The smallest absolute Gasteiger partial charge is 0.362 e. The van der Waals surface area contributed by atoms with Crippen LogP contribution in [0.3, 0.4) is 0 Å². The number of hydrogen-bond acceptors (Lipinski definition) is 6. The van der Waals surface area contributed by atoms with E-state index in [1.807, 2.05) is 31.2 Å². The Bertz CT molecular complexity index is 1110. The van der Waals surface area contributed by atoms with Crippen LogP contribution in [0.2, 0.25) is 0 Å². The maximum absolute atomic E-state index is 12.5. The Morgan fingerprint density at radius 2 is 1.77 bits per heavy atom. The predicted octanol–water partition coefficient (Wildman–Crippen LogP) is 2.41. The number of nitrogens with one attached hydrogen (secondary N) is 1. The molecule has 0 aliphatic heterocycles. The van der Waals surface area contributed by atoms with E-state index in [-0.39, 0.29) is 24.7 Å². The van der Waals surface area contributed by atoms with E-state index >= 15 is 0 Å². The molecule has 0 fully saturated rings. The van der Waals surface area contributed by atoms with Crippen LogP contribution in [0, 0.1) is 6.92 Å². The Labute approximate surface area is 179 Å². The monoisotopic (exact) mass is 421 g/mol. The predicted molar refractivity (Wildman–Crippen MR) is 114 cm³/mol. The van der Waals surface area contributed by atoms with E-state index in [1.165, 1.54) is 0 Å². The second-order valence-corrected chi connectivity index (χ2v) is 6.71. The summed E-state index contributed by atoms with van der Waals surface area (Å²) in [6, 6.07) is 17.5. The molecule has 0 saturated heterocycles. The van der Waals surface area contributed by atoms with Crippen molar-refractivity contribution < 1.29 is 19.1 Å². The Morgan fingerprint density at radius 3 is 2.45 bits per heavy atom. The van der Waals surface area contributed by atoms with Gasteiger partial charge in [0, 0.05) is 6.54 Å². The number of aromatic nitrogens is 2. The van der Waals surface area contributed by atoms with Crippen LogP contribution >= 0.6 is 0 Å². The number of carbonyl (C=O) groups is 2. The Morgan fingerprint density at radius 1 is 1.06 bits per heavy atom. The minimum Gasteiger partial charge on any atom is -0.481 e. The zero-order valence-corrected chi connectivity index (χ0v) is 17.3. The van der Waals surface area contributed by atoms with Crippen molar-refractivity contribution in [2.45, 2.75) is 20.4 Å². The van der Waals surface area contributed by atoms with Crippen molar-refractivity contribution >= 4 is 11.9 Å². The number of amides is 1. The number of aryl methyl sites for hydroxylation is 1. The Hall–Kier alpha value is -3.94. The molecule has 2 aromatic carbocycles. The standard InChI is InChI=1S/C23H23N3O5/c1-3-30-23(29)22-19(13-21(28)26(25-22)18-7-5-4-6-8-18)31-15-20(27)24-14-17-11-9-16(2)10-12-17/h4-13H,3,14-15H2,1-2H3,(H,24,27). The molecular weight excluding hydrogens is 398 g/mol. The zero-order valence-electron chi connectivity index (χ0n) is 17.3. The van der Waals surface area contributed by atoms with E-state index < -0.39 is 17.4 Å². The van der Waals surface area contributed by atoms with Crippen molar-refractivity contribution in [1.29, 1.82) is 0 Å². The SMILES string of the molecule is CCOC(=O)c1nn(-c2ccccc2)c(=O)cc1OCC(=O)NCc1ccc(C)cc1. The third-order valence-electron chi connectivity index (χ3n) is 4.34. The lowest BCUT2D eigenvalue weighted by molar-refractivity contribution is -0.123.